The number of hydrogen-bond donors (Lipinski definition) is 1. The first kappa shape index (κ1) is 21.2. The summed E-state index contributed by atoms with van der Waals surface area (Å²) in [6.45, 7) is 0. The van der Waals surface area contributed by atoms with E-state index in [1.165, 1.54) is 18.2 Å². The number of aromatic nitrogens is 5. The van der Waals surface area contributed by atoms with Crippen molar-refractivity contribution in [1.82, 2.24) is 24.8 Å². The van der Waals surface area contributed by atoms with Crippen molar-refractivity contribution in [2.45, 2.75) is 4.90 Å². The van der Waals surface area contributed by atoms with Crippen LogP contribution in [0.3, 0.4) is 0 Å². The smallest absolute Gasteiger partial charge is 0.270 e. The molecule has 11 nitrogen and oxygen atoms in total. The van der Waals surface area contributed by atoms with Crippen LogP contribution in [0.15, 0.2) is 90.1 Å². The summed E-state index contributed by atoms with van der Waals surface area (Å²) >= 11 is 0. The lowest BCUT2D eigenvalue weighted by molar-refractivity contribution is -0.385. The fourth-order valence-electron chi connectivity index (χ4n) is 3.34. The Hall–Kier alpha value is -4.71. The molecule has 3 heterocycles. The van der Waals surface area contributed by atoms with Gasteiger partial charge in [-0.3, -0.25) is 19.8 Å². The Bertz CT molecular complexity index is 1640. The molecule has 0 unspecified atom stereocenters. The molecule has 2 aromatic carbocycles. The highest BCUT2D eigenvalue weighted by molar-refractivity contribution is 7.92. The molecule has 0 spiro atoms. The Balaban J connectivity index is 1.49. The maximum absolute atomic E-state index is 12.8. The van der Waals surface area contributed by atoms with E-state index in [2.05, 4.69) is 25.0 Å². The van der Waals surface area contributed by atoms with Crippen LogP contribution in [0.4, 0.5) is 11.4 Å². The molecule has 0 atom stereocenters. The predicted octanol–water partition coefficient (Wildman–Crippen LogP) is 3.56. The first-order valence-electron chi connectivity index (χ1n) is 9.91. The zero-order valence-corrected chi connectivity index (χ0v) is 18.1. The second-order valence-corrected chi connectivity index (χ2v) is 8.87. The van der Waals surface area contributed by atoms with Crippen LogP contribution in [0.25, 0.3) is 28.3 Å². The van der Waals surface area contributed by atoms with Gasteiger partial charge in [-0.2, -0.15) is 9.61 Å². The molecule has 0 amide bonds. The average molecular weight is 473 g/mol. The van der Waals surface area contributed by atoms with E-state index in [1.807, 2.05) is 0 Å². The van der Waals surface area contributed by atoms with E-state index >= 15 is 0 Å². The number of sulfonamides is 1. The van der Waals surface area contributed by atoms with Gasteiger partial charge in [-0.15, -0.1) is 10.2 Å². The molecule has 0 radical (unpaired) electrons. The van der Waals surface area contributed by atoms with Gasteiger partial charge in [-0.25, -0.2) is 8.42 Å². The highest BCUT2D eigenvalue weighted by Gasteiger charge is 2.18. The second kappa shape index (κ2) is 8.33. The molecule has 5 aromatic rings. The minimum absolute atomic E-state index is 0.210. The number of hydrogen-bond acceptors (Lipinski definition) is 8. The van der Waals surface area contributed by atoms with Crippen LogP contribution in [0.2, 0.25) is 0 Å². The van der Waals surface area contributed by atoms with Crippen LogP contribution < -0.4 is 4.72 Å². The number of nitrogens with zero attached hydrogens (tertiary/aromatic N) is 6. The summed E-state index contributed by atoms with van der Waals surface area (Å²) in [6, 6.07) is 18.6. The molecule has 0 fully saturated rings. The highest BCUT2D eigenvalue weighted by Crippen LogP contribution is 2.25. The lowest BCUT2D eigenvalue weighted by Crippen LogP contribution is -2.13. The quantitative estimate of drug-likeness (QED) is 0.291. The Morgan fingerprint density at radius 3 is 2.47 bits per heavy atom. The summed E-state index contributed by atoms with van der Waals surface area (Å²) in [4.78, 5) is 14.1. The van der Waals surface area contributed by atoms with E-state index in [9.17, 15) is 18.5 Å². The van der Waals surface area contributed by atoms with E-state index in [4.69, 9.17) is 0 Å². The van der Waals surface area contributed by atoms with Gasteiger partial charge < -0.3 is 0 Å². The van der Waals surface area contributed by atoms with Gasteiger partial charge in [0.1, 0.15) is 0 Å². The standard InChI is InChI=1S/C22H15N7O4S/c30-29(31)18-5-2-6-19(14-18)34(32,33)27-17-4-1-3-16(13-17)20-7-8-21-24-25-22(28(21)26-20)15-9-11-23-12-10-15/h1-14,27H. The third kappa shape index (κ3) is 4.04. The van der Waals surface area contributed by atoms with Crippen molar-refractivity contribution in [3.05, 3.63) is 95.3 Å². The summed E-state index contributed by atoms with van der Waals surface area (Å²) < 4.78 is 29.6. The number of benzene rings is 2. The minimum atomic E-state index is -4.04. The van der Waals surface area contributed by atoms with Gasteiger partial charge >= 0.3 is 0 Å². The maximum Gasteiger partial charge on any atom is 0.270 e. The SMILES string of the molecule is O=[N+]([O-])c1cccc(S(=O)(=O)Nc2cccc(-c3ccc4nnc(-c5ccncc5)n4n3)c2)c1. The van der Waals surface area contributed by atoms with Gasteiger partial charge in [0, 0.05) is 41.3 Å². The molecule has 0 saturated carbocycles. The van der Waals surface area contributed by atoms with Crippen molar-refractivity contribution in [1.29, 1.82) is 0 Å². The van der Waals surface area contributed by atoms with Gasteiger partial charge in [0.15, 0.2) is 11.5 Å². The summed E-state index contributed by atoms with van der Waals surface area (Å²) in [5.74, 6) is 0.543. The molecular formula is C22H15N7O4S. The van der Waals surface area contributed by atoms with E-state index < -0.39 is 14.9 Å². The molecule has 168 valence electrons. The normalized spacial score (nSPS) is 11.4. The van der Waals surface area contributed by atoms with Crippen LogP contribution in [-0.4, -0.2) is 38.1 Å². The molecule has 0 bridgehead atoms. The third-order valence-corrected chi connectivity index (χ3v) is 6.33. The zero-order valence-electron chi connectivity index (χ0n) is 17.3. The topological polar surface area (TPSA) is 145 Å². The summed E-state index contributed by atoms with van der Waals surface area (Å²) in [5, 5.41) is 24.0. The van der Waals surface area contributed by atoms with Gasteiger partial charge in [-0.05, 0) is 42.5 Å². The van der Waals surface area contributed by atoms with Crippen molar-refractivity contribution in [3.63, 3.8) is 0 Å². The van der Waals surface area contributed by atoms with Gasteiger partial charge in [0.05, 0.1) is 15.5 Å². The highest BCUT2D eigenvalue weighted by atomic mass is 32.2. The first-order valence-corrected chi connectivity index (χ1v) is 11.4. The maximum atomic E-state index is 12.8. The molecule has 12 heteroatoms. The molecule has 0 aliphatic carbocycles. The van der Waals surface area contributed by atoms with Gasteiger partial charge in [-0.1, -0.05) is 18.2 Å². The number of rotatable bonds is 6. The molecule has 0 saturated heterocycles. The number of pyridine rings is 1. The van der Waals surface area contributed by atoms with Crippen molar-refractivity contribution in [2.24, 2.45) is 0 Å². The van der Waals surface area contributed by atoms with Crippen LogP contribution >= 0.6 is 0 Å². The summed E-state index contributed by atoms with van der Waals surface area (Å²) in [6.07, 6.45) is 3.30. The fraction of sp³-hybridized carbons (Fsp3) is 0. The Morgan fingerprint density at radius 1 is 0.882 bits per heavy atom. The van der Waals surface area contributed by atoms with Crippen molar-refractivity contribution < 1.29 is 13.3 Å². The van der Waals surface area contributed by atoms with Crippen LogP contribution in [0, 0.1) is 10.1 Å². The number of nitro groups is 1. The lowest BCUT2D eigenvalue weighted by Gasteiger charge is -2.10. The Morgan fingerprint density at radius 2 is 1.68 bits per heavy atom. The molecule has 34 heavy (non-hydrogen) atoms. The van der Waals surface area contributed by atoms with Crippen molar-refractivity contribution >= 4 is 27.0 Å². The Labute approximate surface area is 192 Å². The molecule has 0 aliphatic heterocycles. The van der Waals surface area contributed by atoms with Crippen LogP contribution in [0.5, 0.6) is 0 Å². The van der Waals surface area contributed by atoms with Crippen LogP contribution in [0.1, 0.15) is 0 Å². The number of nitrogens with one attached hydrogen (secondary N) is 1. The molecule has 0 aliphatic rings. The monoisotopic (exact) mass is 473 g/mol. The van der Waals surface area contributed by atoms with E-state index in [1.54, 1.807) is 65.4 Å². The molecule has 5 rings (SSSR count). The zero-order chi connectivity index (χ0) is 23.7. The number of fused-ring (bicyclic) bond motifs is 1. The third-order valence-electron chi connectivity index (χ3n) is 4.95. The van der Waals surface area contributed by atoms with Crippen molar-refractivity contribution in [3.8, 4) is 22.6 Å². The Kier molecular flexibility index (Phi) is 5.18. The average Bonchev–Trinajstić information content (AvgIpc) is 3.28. The van der Waals surface area contributed by atoms with E-state index in [0.717, 1.165) is 11.6 Å². The van der Waals surface area contributed by atoms with Gasteiger partial charge in [0.2, 0.25) is 0 Å². The molecule has 3 aromatic heterocycles. The lowest BCUT2D eigenvalue weighted by atomic mass is 10.1. The number of anilines is 1. The van der Waals surface area contributed by atoms with E-state index in [-0.39, 0.29) is 16.3 Å². The number of non-ortho nitro benzene ring substituents is 1. The van der Waals surface area contributed by atoms with Crippen molar-refractivity contribution in [2.75, 3.05) is 4.72 Å². The fourth-order valence-corrected chi connectivity index (χ4v) is 4.43. The number of nitro benzene ring substituents is 1. The predicted molar refractivity (Wildman–Crippen MR) is 123 cm³/mol. The van der Waals surface area contributed by atoms with E-state index in [0.29, 0.717) is 22.7 Å². The summed E-state index contributed by atoms with van der Waals surface area (Å²) in [7, 11) is -4.04. The first-order chi connectivity index (χ1) is 16.4. The minimum Gasteiger partial charge on any atom is -0.280 e. The molecular weight excluding hydrogens is 458 g/mol. The van der Waals surface area contributed by atoms with Crippen LogP contribution in [-0.2, 0) is 10.0 Å². The van der Waals surface area contributed by atoms with Gasteiger partial charge in [0.25, 0.3) is 15.7 Å². The molecule has 1 N–H and O–H groups in total. The summed E-state index contributed by atoms with van der Waals surface area (Å²) in [5.41, 5.74) is 2.54. The second-order valence-electron chi connectivity index (χ2n) is 7.19. The largest absolute Gasteiger partial charge is 0.280 e.